The van der Waals surface area contributed by atoms with Gasteiger partial charge in [-0.2, -0.15) is 5.26 Å². The van der Waals surface area contributed by atoms with Gasteiger partial charge in [0.1, 0.15) is 0 Å². The van der Waals surface area contributed by atoms with E-state index in [0.29, 0.717) is 10.8 Å². The molecular formula is C14H24N2. The minimum Gasteiger partial charge on any atom is -0.299 e. The van der Waals surface area contributed by atoms with Crippen molar-refractivity contribution in [2.45, 2.75) is 53.0 Å². The monoisotopic (exact) mass is 220 g/mol. The molecule has 0 aromatic rings. The second kappa shape index (κ2) is 3.74. The molecule has 2 fully saturated rings. The molecule has 0 N–H and O–H groups in total. The van der Waals surface area contributed by atoms with Crippen molar-refractivity contribution in [3.05, 3.63) is 0 Å². The van der Waals surface area contributed by atoms with Gasteiger partial charge >= 0.3 is 0 Å². The Morgan fingerprint density at radius 3 is 2.69 bits per heavy atom. The van der Waals surface area contributed by atoms with Gasteiger partial charge in [-0.05, 0) is 37.0 Å². The standard InChI is InChI=1S/C14H24N2/c1-11(7-15)8-16-10-14(4)6-12(16)5-13(2,3)9-14/h11-12H,5-6,8-10H2,1-4H3. The van der Waals surface area contributed by atoms with E-state index in [1.165, 1.54) is 25.8 Å². The molecule has 3 atom stereocenters. The Labute approximate surface area is 99.6 Å². The molecule has 2 aliphatic rings. The maximum Gasteiger partial charge on any atom is 0.0666 e. The Morgan fingerprint density at radius 1 is 1.38 bits per heavy atom. The normalized spacial score (nSPS) is 39.3. The molecule has 2 nitrogen and oxygen atoms in total. The lowest BCUT2D eigenvalue weighted by Crippen LogP contribution is -2.36. The third-order valence-electron chi connectivity index (χ3n) is 4.25. The first-order valence-electron chi connectivity index (χ1n) is 6.47. The molecule has 1 aliphatic heterocycles. The van der Waals surface area contributed by atoms with E-state index in [2.05, 4.69) is 31.7 Å². The van der Waals surface area contributed by atoms with Crippen LogP contribution in [0.4, 0.5) is 0 Å². The Balaban J connectivity index is 2.08. The molecule has 1 aliphatic carbocycles. The summed E-state index contributed by atoms with van der Waals surface area (Å²) >= 11 is 0. The summed E-state index contributed by atoms with van der Waals surface area (Å²) in [7, 11) is 0. The van der Waals surface area contributed by atoms with Gasteiger partial charge in [-0.3, -0.25) is 4.90 Å². The third-order valence-corrected chi connectivity index (χ3v) is 4.25. The molecule has 3 unspecified atom stereocenters. The fourth-order valence-corrected chi connectivity index (χ4v) is 4.18. The number of nitriles is 1. The summed E-state index contributed by atoms with van der Waals surface area (Å²) in [5, 5.41) is 8.93. The van der Waals surface area contributed by atoms with Crippen LogP contribution in [0.15, 0.2) is 0 Å². The van der Waals surface area contributed by atoms with Gasteiger partial charge in [-0.15, -0.1) is 0 Å². The molecule has 0 aromatic carbocycles. The first kappa shape index (κ1) is 11.9. The van der Waals surface area contributed by atoms with E-state index in [0.717, 1.165) is 12.6 Å². The maximum absolute atomic E-state index is 8.93. The lowest BCUT2D eigenvalue weighted by molar-refractivity contribution is 0.126. The Kier molecular flexibility index (Phi) is 2.78. The second-order valence-electron chi connectivity index (χ2n) is 7.17. The van der Waals surface area contributed by atoms with Gasteiger partial charge in [0.25, 0.3) is 0 Å². The summed E-state index contributed by atoms with van der Waals surface area (Å²) in [6, 6.07) is 3.09. The number of fused-ring (bicyclic) bond motifs is 2. The average Bonchev–Trinajstić information content (AvgIpc) is 2.35. The first-order valence-corrected chi connectivity index (χ1v) is 6.47. The van der Waals surface area contributed by atoms with E-state index < -0.39 is 0 Å². The van der Waals surface area contributed by atoms with Crippen molar-refractivity contribution in [3.63, 3.8) is 0 Å². The Bertz CT molecular complexity index is 315. The lowest BCUT2D eigenvalue weighted by Gasteiger charge is -2.40. The average molecular weight is 220 g/mol. The smallest absolute Gasteiger partial charge is 0.0666 e. The van der Waals surface area contributed by atoms with Gasteiger partial charge in [-0.25, -0.2) is 0 Å². The van der Waals surface area contributed by atoms with Gasteiger partial charge in [0.15, 0.2) is 0 Å². The zero-order valence-electron chi connectivity index (χ0n) is 11.1. The summed E-state index contributed by atoms with van der Waals surface area (Å²) in [5.41, 5.74) is 0.990. The van der Waals surface area contributed by atoms with Gasteiger partial charge in [-0.1, -0.05) is 20.8 Å². The van der Waals surface area contributed by atoms with Crippen LogP contribution in [0.5, 0.6) is 0 Å². The number of likely N-dealkylation sites (tertiary alicyclic amines) is 1. The lowest BCUT2D eigenvalue weighted by atomic mass is 9.65. The highest BCUT2D eigenvalue weighted by Crippen LogP contribution is 2.52. The van der Waals surface area contributed by atoms with Gasteiger partial charge in [0.05, 0.1) is 12.0 Å². The van der Waals surface area contributed by atoms with E-state index in [-0.39, 0.29) is 5.92 Å². The maximum atomic E-state index is 8.93. The highest BCUT2D eigenvalue weighted by Gasteiger charge is 2.49. The number of rotatable bonds is 2. The van der Waals surface area contributed by atoms with Crippen molar-refractivity contribution in [2.24, 2.45) is 16.7 Å². The van der Waals surface area contributed by atoms with Crippen LogP contribution in [0.2, 0.25) is 0 Å². The number of hydrogen-bond acceptors (Lipinski definition) is 2. The summed E-state index contributed by atoms with van der Waals surface area (Å²) in [4.78, 5) is 2.57. The van der Waals surface area contributed by atoms with Gasteiger partial charge in [0.2, 0.25) is 0 Å². The number of hydrogen-bond donors (Lipinski definition) is 0. The van der Waals surface area contributed by atoms with Crippen LogP contribution in [-0.2, 0) is 0 Å². The van der Waals surface area contributed by atoms with Crippen LogP contribution < -0.4 is 0 Å². The van der Waals surface area contributed by atoms with E-state index in [1.807, 2.05) is 6.92 Å². The zero-order valence-corrected chi connectivity index (χ0v) is 11.1. The second-order valence-corrected chi connectivity index (χ2v) is 7.17. The van der Waals surface area contributed by atoms with Crippen LogP contribution in [0.3, 0.4) is 0 Å². The molecular weight excluding hydrogens is 196 g/mol. The molecule has 0 aromatic heterocycles. The Morgan fingerprint density at radius 2 is 2.06 bits per heavy atom. The van der Waals surface area contributed by atoms with Crippen molar-refractivity contribution in [2.75, 3.05) is 13.1 Å². The zero-order chi connectivity index (χ0) is 12.0. The summed E-state index contributed by atoms with van der Waals surface area (Å²) < 4.78 is 0. The SMILES string of the molecule is CC(C#N)CN1CC2(C)CC1CC(C)(C)C2. The minimum atomic E-state index is 0.172. The van der Waals surface area contributed by atoms with Crippen molar-refractivity contribution in [3.8, 4) is 6.07 Å². The van der Waals surface area contributed by atoms with Crippen molar-refractivity contribution in [1.82, 2.24) is 4.90 Å². The van der Waals surface area contributed by atoms with Crippen LogP contribution in [0, 0.1) is 28.1 Å². The quantitative estimate of drug-likeness (QED) is 0.715. The van der Waals surface area contributed by atoms with E-state index in [9.17, 15) is 0 Å². The summed E-state index contributed by atoms with van der Waals surface area (Å²) in [5.74, 6) is 0.172. The first-order chi connectivity index (χ1) is 7.34. The highest BCUT2D eigenvalue weighted by molar-refractivity contribution is 5.03. The van der Waals surface area contributed by atoms with Crippen LogP contribution >= 0.6 is 0 Å². The summed E-state index contributed by atoms with van der Waals surface area (Å²) in [6.45, 7) is 11.4. The number of nitrogens with zero attached hydrogens (tertiary/aromatic N) is 2. The van der Waals surface area contributed by atoms with Crippen molar-refractivity contribution >= 4 is 0 Å². The molecule has 1 saturated heterocycles. The van der Waals surface area contributed by atoms with Crippen LogP contribution in [0.25, 0.3) is 0 Å². The molecule has 0 spiro atoms. The predicted octanol–water partition coefficient (Wildman–Crippen LogP) is 3.05. The third kappa shape index (κ3) is 2.25. The van der Waals surface area contributed by atoms with Gasteiger partial charge in [0, 0.05) is 19.1 Å². The molecule has 1 saturated carbocycles. The molecule has 16 heavy (non-hydrogen) atoms. The molecule has 0 amide bonds. The summed E-state index contributed by atoms with van der Waals surface area (Å²) in [6.07, 6.45) is 3.99. The molecule has 2 heteroatoms. The van der Waals surface area contributed by atoms with E-state index in [4.69, 9.17) is 5.26 Å². The molecule has 0 radical (unpaired) electrons. The predicted molar refractivity (Wildman–Crippen MR) is 65.9 cm³/mol. The van der Waals surface area contributed by atoms with E-state index >= 15 is 0 Å². The molecule has 2 rings (SSSR count). The van der Waals surface area contributed by atoms with Crippen molar-refractivity contribution in [1.29, 1.82) is 5.26 Å². The molecule has 2 bridgehead atoms. The fraction of sp³-hybridized carbons (Fsp3) is 0.929. The topological polar surface area (TPSA) is 27.0 Å². The molecule has 1 heterocycles. The largest absolute Gasteiger partial charge is 0.299 e. The Hall–Kier alpha value is -0.550. The van der Waals surface area contributed by atoms with Crippen LogP contribution in [0.1, 0.15) is 47.0 Å². The van der Waals surface area contributed by atoms with E-state index in [1.54, 1.807) is 0 Å². The molecule has 90 valence electrons. The van der Waals surface area contributed by atoms with Crippen LogP contribution in [-0.4, -0.2) is 24.0 Å². The minimum absolute atomic E-state index is 0.172. The highest BCUT2D eigenvalue weighted by atomic mass is 15.2. The van der Waals surface area contributed by atoms with Crippen molar-refractivity contribution < 1.29 is 0 Å². The fourth-order valence-electron chi connectivity index (χ4n) is 4.18. The van der Waals surface area contributed by atoms with Gasteiger partial charge < -0.3 is 0 Å².